The van der Waals surface area contributed by atoms with Gasteiger partial charge in [-0.05, 0) is 49.1 Å². The molecule has 0 radical (unpaired) electrons. The van der Waals surface area contributed by atoms with E-state index in [1.54, 1.807) is 43.4 Å². The number of amides is 2. The normalized spacial score (nSPS) is 14.3. The molecule has 0 aliphatic carbocycles. The molecule has 1 heterocycles. The molecular weight excluding hydrogens is 404 g/mol. The minimum Gasteiger partial charge on any atom is -0.493 e. The lowest BCUT2D eigenvalue weighted by Gasteiger charge is -2.31. The van der Waals surface area contributed by atoms with Gasteiger partial charge in [-0.25, -0.2) is 0 Å². The molecule has 0 aromatic heterocycles. The molecule has 0 saturated carbocycles. The highest BCUT2D eigenvalue weighted by Gasteiger charge is 2.28. The van der Waals surface area contributed by atoms with Crippen molar-refractivity contribution in [2.45, 2.75) is 19.3 Å². The van der Waals surface area contributed by atoms with E-state index >= 15 is 0 Å². The van der Waals surface area contributed by atoms with Crippen molar-refractivity contribution in [3.63, 3.8) is 0 Å². The fourth-order valence-electron chi connectivity index (χ4n) is 3.66. The number of piperidine rings is 1. The van der Waals surface area contributed by atoms with Crippen LogP contribution in [0.2, 0.25) is 5.02 Å². The minimum atomic E-state index is -0.0781. The quantitative estimate of drug-likeness (QED) is 0.729. The van der Waals surface area contributed by atoms with Crippen LogP contribution in [0.3, 0.4) is 0 Å². The number of rotatable bonds is 7. The van der Waals surface area contributed by atoms with Crippen LogP contribution in [0.15, 0.2) is 42.5 Å². The van der Waals surface area contributed by atoms with E-state index in [0.29, 0.717) is 61.0 Å². The van der Waals surface area contributed by atoms with Gasteiger partial charge in [0.2, 0.25) is 5.91 Å². The van der Waals surface area contributed by atoms with E-state index < -0.39 is 0 Å². The first kappa shape index (κ1) is 22.0. The fourth-order valence-corrected chi connectivity index (χ4v) is 3.88. The Morgan fingerprint density at radius 2 is 1.77 bits per heavy atom. The number of hydrogen-bond acceptors (Lipinski definition) is 4. The molecule has 1 N–H and O–H groups in total. The molecule has 0 bridgehead atoms. The van der Waals surface area contributed by atoms with Gasteiger partial charge in [-0.1, -0.05) is 29.8 Å². The number of carbonyl (C=O) groups excluding carboxylic acids is 2. The third kappa shape index (κ3) is 5.25. The largest absolute Gasteiger partial charge is 0.493 e. The number of nitrogens with one attached hydrogen (secondary N) is 1. The highest BCUT2D eigenvalue weighted by Crippen LogP contribution is 2.27. The summed E-state index contributed by atoms with van der Waals surface area (Å²) in [6, 6.07) is 12.8. The van der Waals surface area contributed by atoms with Crippen LogP contribution in [-0.4, -0.2) is 50.6 Å². The van der Waals surface area contributed by atoms with E-state index in [-0.39, 0.29) is 17.7 Å². The molecule has 1 fully saturated rings. The Morgan fingerprint density at radius 1 is 1.07 bits per heavy atom. The molecular formula is C23H27ClN2O4. The van der Waals surface area contributed by atoms with Gasteiger partial charge < -0.3 is 19.7 Å². The van der Waals surface area contributed by atoms with Gasteiger partial charge >= 0.3 is 0 Å². The lowest BCUT2D eigenvalue weighted by atomic mass is 9.95. The second kappa shape index (κ2) is 10.3. The van der Waals surface area contributed by atoms with Crippen molar-refractivity contribution in [1.82, 2.24) is 10.2 Å². The zero-order chi connectivity index (χ0) is 21.5. The first-order valence-corrected chi connectivity index (χ1v) is 10.4. The number of benzene rings is 2. The molecule has 0 unspecified atom stereocenters. The van der Waals surface area contributed by atoms with Gasteiger partial charge in [-0.2, -0.15) is 0 Å². The molecule has 1 aliphatic heterocycles. The Kier molecular flexibility index (Phi) is 7.57. The predicted molar refractivity (Wildman–Crippen MR) is 116 cm³/mol. The van der Waals surface area contributed by atoms with Gasteiger partial charge in [0.05, 0.1) is 24.8 Å². The number of halogens is 1. The molecule has 0 atom stereocenters. The summed E-state index contributed by atoms with van der Waals surface area (Å²) in [5.74, 6) is 1.25. The van der Waals surface area contributed by atoms with Crippen LogP contribution in [0, 0.1) is 5.92 Å². The number of methoxy groups -OCH3 is 2. The van der Waals surface area contributed by atoms with Crippen LogP contribution in [0.25, 0.3) is 0 Å². The monoisotopic (exact) mass is 430 g/mol. The maximum Gasteiger partial charge on any atom is 0.255 e. The molecule has 7 heteroatoms. The zero-order valence-corrected chi connectivity index (χ0v) is 18.1. The zero-order valence-electron chi connectivity index (χ0n) is 17.3. The van der Waals surface area contributed by atoms with Gasteiger partial charge in [-0.15, -0.1) is 0 Å². The third-order valence-electron chi connectivity index (χ3n) is 5.42. The maximum atomic E-state index is 12.6. The lowest BCUT2D eigenvalue weighted by Crippen LogP contribution is -2.43. The average Bonchev–Trinajstić information content (AvgIpc) is 2.78. The summed E-state index contributed by atoms with van der Waals surface area (Å²) in [4.78, 5) is 27.0. The minimum absolute atomic E-state index is 0.0420. The Morgan fingerprint density at radius 3 is 2.43 bits per heavy atom. The van der Waals surface area contributed by atoms with Crippen molar-refractivity contribution in [2.24, 2.45) is 5.92 Å². The van der Waals surface area contributed by atoms with Crippen LogP contribution in [0.1, 0.15) is 28.8 Å². The lowest BCUT2D eigenvalue weighted by molar-refractivity contribution is -0.126. The van der Waals surface area contributed by atoms with Crippen LogP contribution in [-0.2, 0) is 11.2 Å². The number of hydrogen-bond donors (Lipinski definition) is 1. The molecule has 1 aliphatic rings. The highest BCUT2D eigenvalue weighted by molar-refractivity contribution is 6.33. The van der Waals surface area contributed by atoms with E-state index in [1.807, 2.05) is 18.2 Å². The van der Waals surface area contributed by atoms with Crippen LogP contribution < -0.4 is 14.8 Å². The molecule has 6 nitrogen and oxygen atoms in total. The Balaban J connectivity index is 1.45. The Labute approximate surface area is 182 Å². The fraction of sp³-hybridized carbons (Fsp3) is 0.391. The summed E-state index contributed by atoms with van der Waals surface area (Å²) in [5, 5.41) is 3.47. The van der Waals surface area contributed by atoms with E-state index in [1.165, 1.54) is 0 Å². The summed E-state index contributed by atoms with van der Waals surface area (Å²) < 4.78 is 10.6. The summed E-state index contributed by atoms with van der Waals surface area (Å²) in [5.41, 5.74) is 1.57. The van der Waals surface area contributed by atoms with E-state index in [9.17, 15) is 9.59 Å². The van der Waals surface area contributed by atoms with Gasteiger partial charge in [0.15, 0.2) is 11.5 Å². The van der Waals surface area contributed by atoms with Crippen molar-refractivity contribution in [1.29, 1.82) is 0 Å². The van der Waals surface area contributed by atoms with Crippen molar-refractivity contribution >= 4 is 23.4 Å². The first-order chi connectivity index (χ1) is 14.5. The van der Waals surface area contributed by atoms with Crippen molar-refractivity contribution in [2.75, 3.05) is 33.9 Å². The summed E-state index contributed by atoms with van der Waals surface area (Å²) in [6.45, 7) is 1.66. The molecule has 2 aromatic rings. The SMILES string of the molecule is COc1ccc(CCNC(=O)C2CCN(C(=O)c3ccccc3Cl)CC2)cc1OC. The third-order valence-corrected chi connectivity index (χ3v) is 5.75. The maximum absolute atomic E-state index is 12.6. The summed E-state index contributed by atoms with van der Waals surface area (Å²) in [7, 11) is 3.21. The van der Waals surface area contributed by atoms with Crippen molar-refractivity contribution in [3.8, 4) is 11.5 Å². The second-order valence-electron chi connectivity index (χ2n) is 7.28. The van der Waals surface area contributed by atoms with Crippen molar-refractivity contribution < 1.29 is 19.1 Å². The number of carbonyl (C=O) groups is 2. The molecule has 3 rings (SSSR count). The van der Waals surface area contributed by atoms with E-state index in [4.69, 9.17) is 21.1 Å². The predicted octanol–water partition coefficient (Wildman–Crippen LogP) is 3.57. The smallest absolute Gasteiger partial charge is 0.255 e. The van der Waals surface area contributed by atoms with Gasteiger partial charge in [0, 0.05) is 25.6 Å². The number of nitrogens with zero attached hydrogens (tertiary/aromatic N) is 1. The average molecular weight is 431 g/mol. The topological polar surface area (TPSA) is 67.9 Å². The first-order valence-electron chi connectivity index (χ1n) is 10.1. The molecule has 30 heavy (non-hydrogen) atoms. The van der Waals surface area contributed by atoms with Gasteiger partial charge in [0.1, 0.15) is 0 Å². The highest BCUT2D eigenvalue weighted by atomic mass is 35.5. The van der Waals surface area contributed by atoms with Crippen LogP contribution >= 0.6 is 11.6 Å². The van der Waals surface area contributed by atoms with Crippen LogP contribution in [0.4, 0.5) is 0 Å². The molecule has 2 amide bonds. The molecule has 160 valence electrons. The Hall–Kier alpha value is -2.73. The van der Waals surface area contributed by atoms with E-state index in [2.05, 4.69) is 5.32 Å². The Bertz CT molecular complexity index is 895. The number of likely N-dealkylation sites (tertiary alicyclic amines) is 1. The van der Waals surface area contributed by atoms with Crippen molar-refractivity contribution in [3.05, 3.63) is 58.6 Å². The molecule has 1 saturated heterocycles. The molecule has 2 aromatic carbocycles. The summed E-state index contributed by atoms with van der Waals surface area (Å²) in [6.07, 6.45) is 2.01. The van der Waals surface area contributed by atoms with Gasteiger partial charge in [0.25, 0.3) is 5.91 Å². The second-order valence-corrected chi connectivity index (χ2v) is 7.68. The van der Waals surface area contributed by atoms with Gasteiger partial charge in [-0.3, -0.25) is 9.59 Å². The molecule has 0 spiro atoms. The number of ether oxygens (including phenoxy) is 2. The standard InChI is InChI=1S/C23H27ClN2O4/c1-29-20-8-7-16(15-21(20)30-2)9-12-25-22(27)17-10-13-26(14-11-17)23(28)18-5-3-4-6-19(18)24/h3-8,15,17H,9-14H2,1-2H3,(H,25,27). The summed E-state index contributed by atoms with van der Waals surface area (Å²) >= 11 is 6.13. The van der Waals surface area contributed by atoms with E-state index in [0.717, 1.165) is 5.56 Å². The van der Waals surface area contributed by atoms with Crippen LogP contribution in [0.5, 0.6) is 11.5 Å².